The second kappa shape index (κ2) is 15.2. The minimum absolute atomic E-state index is 0.112. The first-order valence-electron chi connectivity index (χ1n) is 17.3. The Morgan fingerprint density at radius 1 is 0.417 bits per heavy atom. The molecule has 48 heavy (non-hydrogen) atoms. The zero-order chi connectivity index (χ0) is 33.3. The van der Waals surface area contributed by atoms with Crippen LogP contribution in [0.25, 0.3) is 0 Å². The first-order chi connectivity index (χ1) is 23.4. The van der Waals surface area contributed by atoms with E-state index in [1.165, 1.54) is 55.9 Å². The highest BCUT2D eigenvalue weighted by molar-refractivity contribution is 5.58. The molecule has 0 spiro atoms. The smallest absolute Gasteiger partial charge is 0.0433 e. The minimum Gasteiger partial charge on any atom is -0.363 e. The summed E-state index contributed by atoms with van der Waals surface area (Å²) < 4.78 is 0. The summed E-state index contributed by atoms with van der Waals surface area (Å²) in [5.41, 5.74) is 13.1. The second-order valence-electron chi connectivity index (χ2n) is 13.3. The molecule has 0 saturated carbocycles. The van der Waals surface area contributed by atoms with Gasteiger partial charge in [0.25, 0.3) is 0 Å². The van der Waals surface area contributed by atoms with Crippen LogP contribution in [0.1, 0.15) is 64.8 Å². The third kappa shape index (κ3) is 7.72. The Labute approximate surface area is 288 Å². The van der Waals surface area contributed by atoms with Crippen molar-refractivity contribution in [3.8, 4) is 0 Å². The van der Waals surface area contributed by atoms with Crippen molar-refractivity contribution in [2.45, 2.75) is 65.7 Å². The van der Waals surface area contributed by atoms with Crippen LogP contribution >= 0.6 is 0 Å². The Morgan fingerprint density at radius 3 is 0.958 bits per heavy atom. The molecule has 0 saturated heterocycles. The molecule has 0 heterocycles. The summed E-state index contributed by atoms with van der Waals surface area (Å²) in [5.74, 6) is 0. The second-order valence-corrected chi connectivity index (χ2v) is 13.3. The predicted molar refractivity (Wildman–Crippen MR) is 205 cm³/mol. The van der Waals surface area contributed by atoms with E-state index in [0.29, 0.717) is 0 Å². The molecule has 0 unspecified atom stereocenters. The molecule has 2 heteroatoms. The summed E-state index contributed by atoms with van der Waals surface area (Å²) in [6, 6.07) is 57.5. The molecular formula is C46H48N2. The summed E-state index contributed by atoms with van der Waals surface area (Å²) in [6.07, 6.45) is 1.02. The van der Waals surface area contributed by atoms with E-state index in [1.54, 1.807) is 0 Å². The maximum Gasteiger partial charge on any atom is 0.0433 e. The maximum absolute atomic E-state index is 2.50. The molecule has 242 valence electrons. The normalized spacial score (nSPS) is 11.3. The van der Waals surface area contributed by atoms with E-state index in [-0.39, 0.29) is 5.41 Å². The number of rotatable bonds is 13. The maximum atomic E-state index is 2.50. The van der Waals surface area contributed by atoms with Gasteiger partial charge in [0.05, 0.1) is 0 Å². The Morgan fingerprint density at radius 2 is 0.708 bits per heavy atom. The molecule has 0 aliphatic rings. The summed E-state index contributed by atoms with van der Waals surface area (Å²) in [4.78, 5) is 5.00. The minimum atomic E-state index is -0.112. The fraction of sp³-hybridized carbons (Fsp3) is 0.217. The number of anilines is 2. The quantitative estimate of drug-likeness (QED) is 0.126. The van der Waals surface area contributed by atoms with Gasteiger partial charge in [0.15, 0.2) is 0 Å². The number of hydrogen-bond acceptors (Lipinski definition) is 2. The summed E-state index contributed by atoms with van der Waals surface area (Å²) in [6.45, 7) is 12.8. The van der Waals surface area contributed by atoms with Crippen LogP contribution in [0.15, 0.2) is 158 Å². The molecule has 6 aromatic carbocycles. The molecule has 2 nitrogen and oxygen atoms in total. The van der Waals surface area contributed by atoms with Gasteiger partial charge < -0.3 is 9.80 Å². The van der Waals surface area contributed by atoms with E-state index in [2.05, 4.69) is 195 Å². The SMILES string of the molecule is CCC(C)(c1ccc(N(Cc2ccccc2)Cc2ccccc2)cc1C)c1ccc(N(Cc2ccccc2)Cc2ccccc2)cc1C. The van der Waals surface area contributed by atoms with E-state index < -0.39 is 0 Å². The van der Waals surface area contributed by atoms with Gasteiger partial charge in [0.1, 0.15) is 0 Å². The van der Waals surface area contributed by atoms with Crippen LogP contribution in [0.4, 0.5) is 11.4 Å². The van der Waals surface area contributed by atoms with Gasteiger partial charge in [-0.2, -0.15) is 0 Å². The summed E-state index contributed by atoms with van der Waals surface area (Å²) in [7, 11) is 0. The van der Waals surface area contributed by atoms with Crippen molar-refractivity contribution < 1.29 is 0 Å². The highest BCUT2D eigenvalue weighted by Crippen LogP contribution is 2.41. The highest BCUT2D eigenvalue weighted by Gasteiger charge is 2.30. The van der Waals surface area contributed by atoms with Crippen molar-refractivity contribution in [1.29, 1.82) is 0 Å². The van der Waals surface area contributed by atoms with Crippen molar-refractivity contribution >= 4 is 11.4 Å². The van der Waals surface area contributed by atoms with Gasteiger partial charge in [0.2, 0.25) is 0 Å². The zero-order valence-corrected chi connectivity index (χ0v) is 28.9. The Kier molecular flexibility index (Phi) is 10.4. The predicted octanol–water partition coefficient (Wildman–Crippen LogP) is 11.4. The average Bonchev–Trinajstić information content (AvgIpc) is 3.12. The van der Waals surface area contributed by atoms with Crippen LogP contribution in [-0.2, 0) is 31.6 Å². The Hall–Kier alpha value is -5.08. The monoisotopic (exact) mass is 628 g/mol. The van der Waals surface area contributed by atoms with Gasteiger partial charge in [-0.25, -0.2) is 0 Å². The van der Waals surface area contributed by atoms with Gasteiger partial charge in [-0.1, -0.05) is 147 Å². The average molecular weight is 629 g/mol. The van der Waals surface area contributed by atoms with Gasteiger partial charge in [-0.05, 0) is 89.0 Å². The van der Waals surface area contributed by atoms with Gasteiger partial charge in [-0.15, -0.1) is 0 Å². The van der Waals surface area contributed by atoms with Crippen molar-refractivity contribution in [2.75, 3.05) is 9.80 Å². The van der Waals surface area contributed by atoms with Crippen LogP contribution in [0.5, 0.6) is 0 Å². The standard InChI is InChI=1S/C46H48N2/c1-5-46(4,44-28-26-42(30-36(44)2)47(32-38-18-10-6-11-19-38)33-39-20-12-7-13-21-39)45-29-27-43(31-37(45)3)48(34-40-22-14-8-15-23-40)35-41-24-16-9-17-25-41/h6-31H,5,32-35H2,1-4H3. The fourth-order valence-electron chi connectivity index (χ4n) is 7.15. The summed E-state index contributed by atoms with van der Waals surface area (Å²) >= 11 is 0. The number of nitrogens with zero attached hydrogens (tertiary/aromatic N) is 2. The van der Waals surface area contributed by atoms with E-state index in [1.807, 2.05) is 0 Å². The van der Waals surface area contributed by atoms with Crippen molar-refractivity contribution in [1.82, 2.24) is 0 Å². The third-order valence-electron chi connectivity index (χ3n) is 9.91. The number of benzene rings is 6. The molecule has 0 bridgehead atoms. The van der Waals surface area contributed by atoms with Crippen molar-refractivity contribution in [2.24, 2.45) is 0 Å². The van der Waals surface area contributed by atoms with Crippen LogP contribution in [0.3, 0.4) is 0 Å². The molecule has 0 atom stereocenters. The van der Waals surface area contributed by atoms with Crippen LogP contribution < -0.4 is 9.80 Å². The van der Waals surface area contributed by atoms with Crippen molar-refractivity contribution in [3.63, 3.8) is 0 Å². The lowest BCUT2D eigenvalue weighted by Gasteiger charge is -2.35. The third-order valence-corrected chi connectivity index (χ3v) is 9.91. The molecule has 0 aliphatic heterocycles. The highest BCUT2D eigenvalue weighted by atomic mass is 15.1. The first-order valence-corrected chi connectivity index (χ1v) is 17.3. The molecule has 0 aromatic heterocycles. The number of aryl methyl sites for hydroxylation is 2. The Bertz CT molecular complexity index is 1660. The Balaban J connectivity index is 1.31. The van der Waals surface area contributed by atoms with E-state index in [4.69, 9.17) is 0 Å². The van der Waals surface area contributed by atoms with E-state index in [9.17, 15) is 0 Å². The van der Waals surface area contributed by atoms with Crippen LogP contribution in [0, 0.1) is 13.8 Å². The van der Waals surface area contributed by atoms with E-state index >= 15 is 0 Å². The lowest BCUT2D eigenvalue weighted by molar-refractivity contribution is 0.543. The molecular weight excluding hydrogens is 581 g/mol. The lowest BCUT2D eigenvalue weighted by Crippen LogP contribution is -2.27. The van der Waals surface area contributed by atoms with E-state index in [0.717, 1.165) is 32.6 Å². The molecule has 0 fully saturated rings. The topological polar surface area (TPSA) is 6.48 Å². The van der Waals surface area contributed by atoms with Crippen LogP contribution in [-0.4, -0.2) is 0 Å². The summed E-state index contributed by atoms with van der Waals surface area (Å²) in [5, 5.41) is 0. The molecule has 0 amide bonds. The molecule has 6 aromatic rings. The molecule has 0 radical (unpaired) electrons. The molecule has 0 N–H and O–H groups in total. The lowest BCUT2D eigenvalue weighted by atomic mass is 9.71. The molecule has 6 rings (SSSR count). The first kappa shape index (κ1) is 32.8. The largest absolute Gasteiger partial charge is 0.363 e. The van der Waals surface area contributed by atoms with Crippen LogP contribution in [0.2, 0.25) is 0 Å². The molecule has 0 aliphatic carbocycles. The van der Waals surface area contributed by atoms with Gasteiger partial charge >= 0.3 is 0 Å². The van der Waals surface area contributed by atoms with Gasteiger partial charge in [0, 0.05) is 43.0 Å². The van der Waals surface area contributed by atoms with Gasteiger partial charge in [-0.3, -0.25) is 0 Å². The zero-order valence-electron chi connectivity index (χ0n) is 28.9. The number of hydrogen-bond donors (Lipinski definition) is 0. The van der Waals surface area contributed by atoms with Crippen molar-refractivity contribution in [3.05, 3.63) is 202 Å². The fourth-order valence-corrected chi connectivity index (χ4v) is 7.15.